The van der Waals surface area contributed by atoms with Crippen molar-refractivity contribution in [3.8, 4) is 0 Å². The maximum absolute atomic E-state index is 12.8. The van der Waals surface area contributed by atoms with E-state index in [-0.39, 0.29) is 33.5 Å². The third kappa shape index (κ3) is 2.81. The molecule has 0 aromatic rings. The zero-order valence-corrected chi connectivity index (χ0v) is 22.2. The first kappa shape index (κ1) is 24.5. The monoisotopic (exact) mass is 470 g/mol. The average Bonchev–Trinajstić information content (AvgIpc) is 2.76. The van der Waals surface area contributed by atoms with Crippen LogP contribution in [0.2, 0.25) is 0 Å². The number of hydrogen-bond acceptors (Lipinski definition) is 3. The van der Waals surface area contributed by atoms with Crippen LogP contribution in [-0.2, 0) is 9.59 Å². The van der Waals surface area contributed by atoms with Gasteiger partial charge in [0.05, 0.1) is 16.9 Å². The van der Waals surface area contributed by atoms with Crippen molar-refractivity contribution in [3.63, 3.8) is 0 Å². The Balaban J connectivity index is 1.60. The molecule has 5 aliphatic rings. The number of hydrogen-bond donors (Lipinski definition) is 2. The maximum Gasteiger partial charge on any atom is 0.310 e. The lowest BCUT2D eigenvalue weighted by Crippen LogP contribution is -2.65. The second kappa shape index (κ2) is 7.20. The zero-order valence-electron chi connectivity index (χ0n) is 22.2. The summed E-state index contributed by atoms with van der Waals surface area (Å²) in [6, 6.07) is 0. The molecule has 4 nitrogen and oxygen atoms in total. The van der Waals surface area contributed by atoms with Crippen molar-refractivity contribution >= 4 is 12.3 Å². The summed E-state index contributed by atoms with van der Waals surface area (Å²) in [5.41, 5.74) is 0.446. The highest BCUT2D eigenvalue weighted by Crippen LogP contribution is 2.75. The number of aliphatic hydroxyl groups is 1. The minimum Gasteiger partial charge on any atom is -0.481 e. The standard InChI is InChI=1S/C30H46O4/c1-25(2)13-15-30(24(33)34)16-14-28(5)19(20(30)17-25)7-8-22-26(3)11-10-23(32)27(4,18-31)21(26)9-12-29(22,28)6/h7,18,20-23,32H,8-17H2,1-6H3,(H,33,34)/t20-,21+,22+,23-,26-,27-,28+,29+,30+/m0/s1. The van der Waals surface area contributed by atoms with Gasteiger partial charge in [-0.1, -0.05) is 53.2 Å². The molecule has 4 heteroatoms. The summed E-state index contributed by atoms with van der Waals surface area (Å²) in [5, 5.41) is 21.3. The quantitative estimate of drug-likeness (QED) is 0.361. The summed E-state index contributed by atoms with van der Waals surface area (Å²) in [4.78, 5) is 25.1. The predicted molar refractivity (Wildman–Crippen MR) is 133 cm³/mol. The van der Waals surface area contributed by atoms with E-state index in [1.165, 1.54) is 5.57 Å². The van der Waals surface area contributed by atoms with Crippen molar-refractivity contribution in [3.05, 3.63) is 11.6 Å². The van der Waals surface area contributed by atoms with Gasteiger partial charge in [0.15, 0.2) is 0 Å². The SMILES string of the molecule is CC1(C)CC[C@@]2(C(=O)O)CC[C@]3(C)C(=CC[C@@H]4[C@@]5(C)CC[C@H](O)[C@@](C)(C=O)[C@@H]5CC[C@]43C)[C@@H]2C1. The van der Waals surface area contributed by atoms with Gasteiger partial charge in [-0.25, -0.2) is 0 Å². The number of carboxylic acids is 1. The number of fused-ring (bicyclic) bond motifs is 7. The topological polar surface area (TPSA) is 74.6 Å². The van der Waals surface area contributed by atoms with Crippen LogP contribution in [0.15, 0.2) is 11.6 Å². The molecule has 0 heterocycles. The number of allylic oxidation sites excluding steroid dienone is 2. The first-order valence-electron chi connectivity index (χ1n) is 13.8. The highest BCUT2D eigenvalue weighted by atomic mass is 16.4. The highest BCUT2D eigenvalue weighted by molar-refractivity contribution is 5.76. The van der Waals surface area contributed by atoms with E-state index >= 15 is 0 Å². The molecule has 190 valence electrons. The molecule has 4 fully saturated rings. The van der Waals surface area contributed by atoms with Gasteiger partial charge in [-0.3, -0.25) is 4.79 Å². The van der Waals surface area contributed by atoms with Gasteiger partial charge < -0.3 is 15.0 Å². The zero-order chi connectivity index (χ0) is 24.9. The van der Waals surface area contributed by atoms with E-state index < -0.39 is 22.9 Å². The number of carbonyl (C=O) groups excluding carboxylic acids is 1. The molecule has 0 saturated heterocycles. The molecule has 34 heavy (non-hydrogen) atoms. The van der Waals surface area contributed by atoms with Gasteiger partial charge in [-0.15, -0.1) is 0 Å². The van der Waals surface area contributed by atoms with Crippen molar-refractivity contribution < 1.29 is 19.8 Å². The summed E-state index contributed by atoms with van der Waals surface area (Å²) in [6.07, 6.45) is 12.1. The van der Waals surface area contributed by atoms with Gasteiger partial charge in [0.2, 0.25) is 0 Å². The van der Waals surface area contributed by atoms with Crippen LogP contribution in [0.5, 0.6) is 0 Å². The molecule has 0 aromatic carbocycles. The Hall–Kier alpha value is -1.16. The predicted octanol–water partition coefficient (Wildman–Crippen LogP) is 6.41. The number of carboxylic acid groups (broad SMARTS) is 1. The number of aliphatic carboxylic acids is 1. The molecule has 0 radical (unpaired) electrons. The summed E-state index contributed by atoms with van der Waals surface area (Å²) in [5.74, 6) is 0.201. The van der Waals surface area contributed by atoms with Crippen LogP contribution in [0.25, 0.3) is 0 Å². The Kier molecular flexibility index (Phi) is 5.20. The third-order valence-electron chi connectivity index (χ3n) is 13.0. The average molecular weight is 471 g/mol. The molecule has 4 saturated carbocycles. The second-order valence-electron chi connectivity index (χ2n) is 14.7. The fraction of sp³-hybridized carbons (Fsp3) is 0.867. The van der Waals surface area contributed by atoms with E-state index in [9.17, 15) is 19.8 Å². The van der Waals surface area contributed by atoms with Crippen LogP contribution in [0.3, 0.4) is 0 Å². The van der Waals surface area contributed by atoms with Crippen molar-refractivity contribution in [2.24, 2.45) is 50.2 Å². The summed E-state index contributed by atoms with van der Waals surface area (Å²) in [7, 11) is 0. The fourth-order valence-electron chi connectivity index (χ4n) is 10.5. The lowest BCUT2D eigenvalue weighted by molar-refractivity contribution is -0.204. The number of aldehydes is 1. The number of aliphatic hydroxyl groups excluding tert-OH is 1. The smallest absolute Gasteiger partial charge is 0.310 e. The van der Waals surface area contributed by atoms with Crippen LogP contribution in [0.1, 0.15) is 106 Å². The van der Waals surface area contributed by atoms with E-state index in [0.717, 1.165) is 64.1 Å². The Morgan fingerprint density at radius 2 is 1.62 bits per heavy atom. The van der Waals surface area contributed by atoms with Crippen molar-refractivity contribution in [2.45, 2.75) is 112 Å². The molecule has 5 rings (SSSR count). The molecule has 0 aliphatic heterocycles. The highest BCUT2D eigenvalue weighted by Gasteiger charge is 2.69. The minimum atomic E-state index is -0.669. The normalized spacial score (nSPS) is 53.9. The first-order valence-corrected chi connectivity index (χ1v) is 13.8. The lowest BCUT2D eigenvalue weighted by Gasteiger charge is -2.70. The first-order chi connectivity index (χ1) is 15.7. The Morgan fingerprint density at radius 1 is 0.941 bits per heavy atom. The Morgan fingerprint density at radius 3 is 2.26 bits per heavy atom. The maximum atomic E-state index is 12.8. The van der Waals surface area contributed by atoms with Crippen LogP contribution in [-0.4, -0.2) is 28.6 Å². The van der Waals surface area contributed by atoms with E-state index in [0.29, 0.717) is 12.3 Å². The fourth-order valence-corrected chi connectivity index (χ4v) is 10.5. The molecule has 0 amide bonds. The van der Waals surface area contributed by atoms with Crippen LogP contribution >= 0.6 is 0 Å². The van der Waals surface area contributed by atoms with Gasteiger partial charge in [-0.05, 0) is 104 Å². The molecule has 2 N–H and O–H groups in total. The van der Waals surface area contributed by atoms with Crippen molar-refractivity contribution in [1.29, 1.82) is 0 Å². The second-order valence-corrected chi connectivity index (χ2v) is 14.7. The van der Waals surface area contributed by atoms with Gasteiger partial charge in [-0.2, -0.15) is 0 Å². The number of rotatable bonds is 2. The molecular formula is C30H46O4. The van der Waals surface area contributed by atoms with E-state index in [4.69, 9.17) is 0 Å². The van der Waals surface area contributed by atoms with Gasteiger partial charge in [0.25, 0.3) is 0 Å². The molecular weight excluding hydrogens is 424 g/mol. The lowest BCUT2D eigenvalue weighted by atomic mass is 9.33. The Labute approximate surface area is 206 Å². The Bertz CT molecular complexity index is 936. The van der Waals surface area contributed by atoms with Crippen molar-refractivity contribution in [1.82, 2.24) is 0 Å². The largest absolute Gasteiger partial charge is 0.481 e. The minimum absolute atomic E-state index is 0.00538. The summed E-state index contributed by atoms with van der Waals surface area (Å²) < 4.78 is 0. The van der Waals surface area contributed by atoms with Gasteiger partial charge >= 0.3 is 5.97 Å². The molecule has 0 bridgehead atoms. The molecule has 5 aliphatic carbocycles. The van der Waals surface area contributed by atoms with Crippen LogP contribution < -0.4 is 0 Å². The van der Waals surface area contributed by atoms with Crippen molar-refractivity contribution in [2.75, 3.05) is 0 Å². The van der Waals surface area contributed by atoms with Crippen LogP contribution in [0, 0.1) is 50.2 Å². The molecule has 0 unspecified atom stereocenters. The number of carbonyl (C=O) groups is 2. The van der Waals surface area contributed by atoms with E-state index in [1.54, 1.807) is 0 Å². The summed E-state index contributed by atoms with van der Waals surface area (Å²) >= 11 is 0. The molecule has 9 atom stereocenters. The van der Waals surface area contributed by atoms with E-state index in [2.05, 4.69) is 40.7 Å². The van der Waals surface area contributed by atoms with Crippen LogP contribution in [0.4, 0.5) is 0 Å². The molecule has 0 spiro atoms. The van der Waals surface area contributed by atoms with E-state index in [1.807, 2.05) is 6.92 Å². The third-order valence-corrected chi connectivity index (χ3v) is 13.0. The van der Waals surface area contributed by atoms with Gasteiger partial charge in [0.1, 0.15) is 6.29 Å². The molecule has 0 aromatic heterocycles. The van der Waals surface area contributed by atoms with Gasteiger partial charge in [0, 0.05) is 0 Å². The summed E-state index contributed by atoms with van der Waals surface area (Å²) in [6.45, 7) is 14.0.